The lowest BCUT2D eigenvalue weighted by Crippen LogP contribution is -2.51. The molecule has 1 fully saturated rings. The Balaban J connectivity index is 1.73. The Morgan fingerprint density at radius 3 is 2.50 bits per heavy atom. The summed E-state index contributed by atoms with van der Waals surface area (Å²) in [5, 5.41) is 8.83. The molecule has 1 aliphatic rings. The maximum atomic E-state index is 12.3. The third-order valence-electron chi connectivity index (χ3n) is 4.30. The molecule has 140 valence electrons. The van der Waals surface area contributed by atoms with Crippen LogP contribution in [0, 0.1) is 11.3 Å². The molecule has 2 amide bonds. The number of hydrogen-bond donors (Lipinski definition) is 0. The second-order valence-electron chi connectivity index (χ2n) is 6.28. The number of carbonyl (C=O) groups is 2. The van der Waals surface area contributed by atoms with Gasteiger partial charge < -0.3 is 14.5 Å². The van der Waals surface area contributed by atoms with Gasteiger partial charge in [0.2, 0.25) is 5.91 Å². The van der Waals surface area contributed by atoms with E-state index in [9.17, 15) is 9.59 Å². The minimum atomic E-state index is -0.322. The first kappa shape index (κ1) is 19.7. The van der Waals surface area contributed by atoms with Crippen LogP contribution in [0.15, 0.2) is 30.3 Å². The molecule has 0 aliphatic carbocycles. The molecule has 1 saturated heterocycles. The average Bonchev–Trinajstić information content (AvgIpc) is 2.67. The number of nitriles is 1. The molecule has 0 spiro atoms. The number of amides is 2. The number of hydrogen-bond acceptors (Lipinski definition) is 5. The van der Waals surface area contributed by atoms with E-state index in [4.69, 9.17) is 10.00 Å². The van der Waals surface area contributed by atoms with Crippen LogP contribution in [0.2, 0.25) is 0 Å². The predicted molar refractivity (Wildman–Crippen MR) is 97.1 cm³/mol. The van der Waals surface area contributed by atoms with Gasteiger partial charge in [-0.3, -0.25) is 9.69 Å². The third-order valence-corrected chi connectivity index (χ3v) is 4.30. The van der Waals surface area contributed by atoms with Crippen molar-refractivity contribution in [3.63, 3.8) is 0 Å². The highest BCUT2D eigenvalue weighted by Gasteiger charge is 2.24. The Morgan fingerprint density at radius 1 is 1.19 bits per heavy atom. The zero-order chi connectivity index (χ0) is 18.8. The van der Waals surface area contributed by atoms with Crippen LogP contribution in [0.1, 0.15) is 18.9 Å². The molecule has 0 N–H and O–H groups in total. The van der Waals surface area contributed by atoms with Gasteiger partial charge in [-0.2, -0.15) is 5.26 Å². The lowest BCUT2D eigenvalue weighted by atomic mass is 10.2. The van der Waals surface area contributed by atoms with Gasteiger partial charge in [-0.15, -0.1) is 0 Å². The molecule has 7 nitrogen and oxygen atoms in total. The van der Waals surface area contributed by atoms with Crippen molar-refractivity contribution in [1.29, 1.82) is 5.26 Å². The summed E-state index contributed by atoms with van der Waals surface area (Å²) in [5.74, 6) is -0.0338. The van der Waals surface area contributed by atoms with Crippen LogP contribution in [0.25, 0.3) is 0 Å². The second-order valence-corrected chi connectivity index (χ2v) is 6.28. The molecule has 2 rings (SSSR count). The molecule has 1 heterocycles. The van der Waals surface area contributed by atoms with E-state index in [-0.39, 0.29) is 31.7 Å². The number of benzene rings is 1. The largest absolute Gasteiger partial charge is 0.445 e. The summed E-state index contributed by atoms with van der Waals surface area (Å²) in [6, 6.07) is 11.6. The Kier molecular flexibility index (Phi) is 7.90. The number of rotatable bonds is 7. The van der Waals surface area contributed by atoms with E-state index in [0.717, 1.165) is 12.0 Å². The monoisotopic (exact) mass is 358 g/mol. The van der Waals surface area contributed by atoms with E-state index in [1.807, 2.05) is 48.2 Å². The number of piperazine rings is 1. The zero-order valence-corrected chi connectivity index (χ0v) is 15.3. The lowest BCUT2D eigenvalue weighted by molar-refractivity contribution is -0.132. The van der Waals surface area contributed by atoms with Gasteiger partial charge in [0, 0.05) is 32.7 Å². The summed E-state index contributed by atoms with van der Waals surface area (Å²) in [4.78, 5) is 29.7. The van der Waals surface area contributed by atoms with E-state index in [0.29, 0.717) is 32.7 Å². The minimum absolute atomic E-state index is 0.0338. The molecular weight excluding hydrogens is 332 g/mol. The zero-order valence-electron chi connectivity index (χ0n) is 15.3. The highest BCUT2D eigenvalue weighted by atomic mass is 16.6. The summed E-state index contributed by atoms with van der Waals surface area (Å²) in [6.07, 6.45) is 0.506. The summed E-state index contributed by atoms with van der Waals surface area (Å²) in [6.45, 7) is 5.57. The fourth-order valence-electron chi connectivity index (χ4n) is 2.84. The molecule has 26 heavy (non-hydrogen) atoms. The SMILES string of the molecule is CCCN(CC#N)C(=O)CN1CCN(C(=O)OCc2ccccc2)CC1. The van der Waals surface area contributed by atoms with Crippen LogP contribution in [0.4, 0.5) is 4.79 Å². The molecular formula is C19H26N4O3. The van der Waals surface area contributed by atoms with E-state index >= 15 is 0 Å². The predicted octanol–water partition coefficient (Wildman–Crippen LogP) is 1.70. The van der Waals surface area contributed by atoms with Gasteiger partial charge in [0.1, 0.15) is 13.2 Å². The van der Waals surface area contributed by atoms with E-state index < -0.39 is 0 Å². The Labute approximate surface area is 154 Å². The van der Waals surface area contributed by atoms with Crippen molar-refractivity contribution in [3.05, 3.63) is 35.9 Å². The molecule has 0 unspecified atom stereocenters. The summed E-state index contributed by atoms with van der Waals surface area (Å²) >= 11 is 0. The smallest absolute Gasteiger partial charge is 0.410 e. The maximum absolute atomic E-state index is 12.3. The highest BCUT2D eigenvalue weighted by molar-refractivity contribution is 5.78. The number of nitrogens with zero attached hydrogens (tertiary/aromatic N) is 4. The first-order valence-electron chi connectivity index (χ1n) is 8.96. The van der Waals surface area contributed by atoms with Crippen molar-refractivity contribution in [2.45, 2.75) is 20.0 Å². The van der Waals surface area contributed by atoms with Gasteiger partial charge in [0.05, 0.1) is 12.6 Å². The standard InChI is InChI=1S/C19H26N4O3/c1-2-9-22(10-8-20)18(24)15-21-11-13-23(14-12-21)19(25)26-16-17-6-4-3-5-7-17/h3-7H,2,9-16H2,1H3. The van der Waals surface area contributed by atoms with Crippen molar-refractivity contribution in [2.24, 2.45) is 0 Å². The van der Waals surface area contributed by atoms with Crippen LogP contribution < -0.4 is 0 Å². The Bertz CT molecular complexity index is 621. The van der Waals surface area contributed by atoms with Crippen molar-refractivity contribution in [3.8, 4) is 6.07 Å². The number of carbonyl (C=O) groups excluding carboxylic acids is 2. The summed E-state index contributed by atoms with van der Waals surface area (Å²) < 4.78 is 5.34. The first-order valence-corrected chi connectivity index (χ1v) is 8.96. The molecule has 0 aromatic heterocycles. The van der Waals surface area contributed by atoms with Crippen LogP contribution in [-0.2, 0) is 16.1 Å². The maximum Gasteiger partial charge on any atom is 0.410 e. The summed E-state index contributed by atoms with van der Waals surface area (Å²) in [7, 11) is 0. The van der Waals surface area contributed by atoms with E-state index in [2.05, 4.69) is 0 Å². The van der Waals surface area contributed by atoms with Gasteiger partial charge in [-0.1, -0.05) is 37.3 Å². The molecule has 1 aromatic carbocycles. The second kappa shape index (κ2) is 10.4. The first-order chi connectivity index (χ1) is 12.6. The fraction of sp³-hybridized carbons (Fsp3) is 0.526. The van der Waals surface area contributed by atoms with Gasteiger partial charge in [0.15, 0.2) is 0 Å². The van der Waals surface area contributed by atoms with Crippen molar-refractivity contribution < 1.29 is 14.3 Å². The van der Waals surface area contributed by atoms with Gasteiger partial charge in [-0.25, -0.2) is 4.79 Å². The molecule has 0 atom stereocenters. The van der Waals surface area contributed by atoms with Crippen LogP contribution >= 0.6 is 0 Å². The van der Waals surface area contributed by atoms with Crippen molar-refractivity contribution in [1.82, 2.24) is 14.7 Å². The molecule has 1 aliphatic heterocycles. The average molecular weight is 358 g/mol. The molecule has 0 saturated carbocycles. The third kappa shape index (κ3) is 6.05. The van der Waals surface area contributed by atoms with Gasteiger partial charge in [0.25, 0.3) is 0 Å². The normalized spacial score (nSPS) is 14.5. The van der Waals surface area contributed by atoms with Crippen LogP contribution in [0.5, 0.6) is 0 Å². The summed E-state index contributed by atoms with van der Waals surface area (Å²) in [5.41, 5.74) is 0.957. The number of ether oxygens (including phenoxy) is 1. The van der Waals surface area contributed by atoms with Gasteiger partial charge in [-0.05, 0) is 12.0 Å². The van der Waals surface area contributed by atoms with Crippen molar-refractivity contribution in [2.75, 3.05) is 45.8 Å². The quantitative estimate of drug-likeness (QED) is 0.694. The van der Waals surface area contributed by atoms with E-state index in [1.54, 1.807) is 9.80 Å². The molecule has 1 aromatic rings. The van der Waals surface area contributed by atoms with Crippen LogP contribution in [0.3, 0.4) is 0 Å². The Hall–Kier alpha value is -2.59. The van der Waals surface area contributed by atoms with Crippen molar-refractivity contribution >= 4 is 12.0 Å². The van der Waals surface area contributed by atoms with Crippen LogP contribution in [-0.4, -0.2) is 72.5 Å². The minimum Gasteiger partial charge on any atom is -0.445 e. The van der Waals surface area contributed by atoms with Gasteiger partial charge >= 0.3 is 6.09 Å². The lowest BCUT2D eigenvalue weighted by Gasteiger charge is -2.34. The molecule has 0 radical (unpaired) electrons. The Morgan fingerprint density at radius 2 is 1.88 bits per heavy atom. The fourth-order valence-corrected chi connectivity index (χ4v) is 2.84. The van der Waals surface area contributed by atoms with E-state index in [1.165, 1.54) is 0 Å². The topological polar surface area (TPSA) is 76.9 Å². The highest BCUT2D eigenvalue weighted by Crippen LogP contribution is 2.07. The molecule has 7 heteroatoms. The molecule has 0 bridgehead atoms.